The Balaban J connectivity index is 1.83. The van der Waals surface area contributed by atoms with Crippen LogP contribution >= 0.6 is 0 Å². The standard InChI is InChI=1S/C24H21NO4/c1-15-20(14-24(27)28)21-13-18(29-2)10-11-22(21)25(15)23(26)12-17-8-5-7-16-6-3-4-9-19(16)17/h3-11,13H,12,14H2,1-2H3,(H,27,28). The van der Waals surface area contributed by atoms with Crippen molar-refractivity contribution < 1.29 is 19.4 Å². The van der Waals surface area contributed by atoms with Gasteiger partial charge in [0.1, 0.15) is 5.75 Å². The summed E-state index contributed by atoms with van der Waals surface area (Å²) in [7, 11) is 1.56. The third-order valence-electron chi connectivity index (χ3n) is 5.34. The van der Waals surface area contributed by atoms with Crippen LogP contribution in [0.15, 0.2) is 60.7 Å². The van der Waals surface area contributed by atoms with Gasteiger partial charge in [-0.3, -0.25) is 14.2 Å². The zero-order valence-electron chi connectivity index (χ0n) is 16.3. The molecule has 0 saturated heterocycles. The van der Waals surface area contributed by atoms with E-state index in [1.807, 2.05) is 48.5 Å². The van der Waals surface area contributed by atoms with Crippen LogP contribution in [-0.4, -0.2) is 28.7 Å². The van der Waals surface area contributed by atoms with Crippen LogP contribution in [0.25, 0.3) is 21.7 Å². The number of carbonyl (C=O) groups excluding carboxylic acids is 1. The molecular formula is C24H21NO4. The summed E-state index contributed by atoms with van der Waals surface area (Å²) in [6.07, 6.45) is 0.0779. The molecule has 0 spiro atoms. The lowest BCUT2D eigenvalue weighted by atomic mass is 10.0. The van der Waals surface area contributed by atoms with Gasteiger partial charge in [-0.05, 0) is 47.0 Å². The molecule has 1 aromatic heterocycles. The molecule has 0 amide bonds. The molecule has 0 atom stereocenters. The largest absolute Gasteiger partial charge is 0.497 e. The topological polar surface area (TPSA) is 68.5 Å². The lowest BCUT2D eigenvalue weighted by molar-refractivity contribution is -0.136. The number of fused-ring (bicyclic) bond motifs is 2. The van der Waals surface area contributed by atoms with Gasteiger partial charge in [0.2, 0.25) is 5.91 Å². The molecule has 0 aliphatic carbocycles. The highest BCUT2D eigenvalue weighted by Gasteiger charge is 2.21. The Kier molecular flexibility index (Phi) is 4.80. The highest BCUT2D eigenvalue weighted by molar-refractivity contribution is 6.00. The normalized spacial score (nSPS) is 11.1. The van der Waals surface area contributed by atoms with E-state index in [4.69, 9.17) is 4.74 Å². The molecule has 0 unspecified atom stereocenters. The van der Waals surface area contributed by atoms with Crippen LogP contribution in [-0.2, 0) is 17.6 Å². The molecule has 0 aliphatic heterocycles. The van der Waals surface area contributed by atoms with Gasteiger partial charge in [0.05, 0.1) is 25.5 Å². The Labute approximate surface area is 168 Å². The summed E-state index contributed by atoms with van der Waals surface area (Å²) < 4.78 is 6.93. The first-order chi connectivity index (χ1) is 14.0. The van der Waals surface area contributed by atoms with Crippen molar-refractivity contribution in [1.29, 1.82) is 0 Å². The quantitative estimate of drug-likeness (QED) is 0.542. The molecule has 0 aliphatic rings. The fourth-order valence-corrected chi connectivity index (χ4v) is 3.97. The number of aromatic nitrogens is 1. The van der Waals surface area contributed by atoms with Gasteiger partial charge in [0, 0.05) is 11.1 Å². The first-order valence-electron chi connectivity index (χ1n) is 9.39. The molecule has 4 aromatic rings. The zero-order chi connectivity index (χ0) is 20.5. The van der Waals surface area contributed by atoms with E-state index in [1.165, 1.54) is 0 Å². The van der Waals surface area contributed by atoms with Gasteiger partial charge >= 0.3 is 5.97 Å². The van der Waals surface area contributed by atoms with E-state index in [9.17, 15) is 14.7 Å². The number of carboxylic acid groups (broad SMARTS) is 1. The average Bonchev–Trinajstić information content (AvgIpc) is 2.98. The summed E-state index contributed by atoms with van der Waals surface area (Å²) in [4.78, 5) is 24.7. The molecule has 4 rings (SSSR count). The van der Waals surface area contributed by atoms with Crippen molar-refractivity contribution in [2.24, 2.45) is 0 Å². The number of rotatable bonds is 5. The van der Waals surface area contributed by atoms with E-state index in [1.54, 1.807) is 30.7 Å². The second kappa shape index (κ2) is 7.43. The predicted octanol–water partition coefficient (Wildman–Crippen LogP) is 4.62. The van der Waals surface area contributed by atoms with Gasteiger partial charge in [0.15, 0.2) is 0 Å². The molecule has 5 heteroatoms. The molecule has 5 nitrogen and oxygen atoms in total. The number of hydrogen-bond donors (Lipinski definition) is 1. The van der Waals surface area contributed by atoms with Crippen LogP contribution in [0.2, 0.25) is 0 Å². The summed E-state index contributed by atoms with van der Waals surface area (Å²) in [5.74, 6) is -0.398. The van der Waals surface area contributed by atoms with Crippen molar-refractivity contribution in [3.05, 3.63) is 77.5 Å². The van der Waals surface area contributed by atoms with Crippen LogP contribution in [0, 0.1) is 6.92 Å². The summed E-state index contributed by atoms with van der Waals surface area (Å²) in [5, 5.41) is 12.2. The molecule has 1 heterocycles. The minimum absolute atomic E-state index is 0.0920. The maximum atomic E-state index is 13.3. The zero-order valence-corrected chi connectivity index (χ0v) is 16.3. The molecule has 0 radical (unpaired) electrons. The first kappa shape index (κ1) is 18.7. The van der Waals surface area contributed by atoms with Gasteiger partial charge in [-0.1, -0.05) is 42.5 Å². The lowest BCUT2D eigenvalue weighted by Gasteiger charge is -2.10. The van der Waals surface area contributed by atoms with E-state index in [2.05, 4.69) is 0 Å². The maximum Gasteiger partial charge on any atom is 0.307 e. The van der Waals surface area contributed by atoms with Gasteiger partial charge in [-0.2, -0.15) is 0 Å². The molecule has 146 valence electrons. The summed E-state index contributed by atoms with van der Waals surface area (Å²) in [5.41, 5.74) is 2.94. The molecule has 0 saturated carbocycles. The number of aliphatic carboxylic acids is 1. The Morgan fingerprint density at radius 3 is 2.48 bits per heavy atom. The maximum absolute atomic E-state index is 13.3. The van der Waals surface area contributed by atoms with Crippen molar-refractivity contribution in [3.63, 3.8) is 0 Å². The molecular weight excluding hydrogens is 366 g/mol. The van der Waals surface area contributed by atoms with Gasteiger partial charge in [-0.25, -0.2) is 0 Å². The number of hydrogen-bond acceptors (Lipinski definition) is 3. The molecule has 3 aromatic carbocycles. The number of nitrogens with zero attached hydrogens (tertiary/aromatic N) is 1. The van der Waals surface area contributed by atoms with E-state index < -0.39 is 5.97 Å². The lowest BCUT2D eigenvalue weighted by Crippen LogP contribution is -2.15. The number of methoxy groups -OCH3 is 1. The van der Waals surface area contributed by atoms with Crippen molar-refractivity contribution in [1.82, 2.24) is 4.57 Å². The van der Waals surface area contributed by atoms with Gasteiger partial charge in [-0.15, -0.1) is 0 Å². The molecule has 0 bridgehead atoms. The SMILES string of the molecule is COc1ccc2c(c1)c(CC(=O)O)c(C)n2C(=O)Cc1cccc2ccccc12. The highest BCUT2D eigenvalue weighted by atomic mass is 16.5. The number of carbonyl (C=O) groups is 2. The Bertz CT molecular complexity index is 1250. The van der Waals surface area contributed by atoms with Crippen molar-refractivity contribution >= 4 is 33.6 Å². The van der Waals surface area contributed by atoms with Crippen molar-refractivity contribution in [3.8, 4) is 5.75 Å². The summed E-state index contributed by atoms with van der Waals surface area (Å²) in [6, 6.07) is 19.3. The predicted molar refractivity (Wildman–Crippen MR) is 113 cm³/mol. The minimum atomic E-state index is -0.934. The van der Waals surface area contributed by atoms with E-state index in [0.717, 1.165) is 21.7 Å². The Morgan fingerprint density at radius 1 is 0.966 bits per heavy atom. The number of carboxylic acids is 1. The van der Waals surface area contributed by atoms with Crippen molar-refractivity contribution in [2.75, 3.05) is 7.11 Å². The fourth-order valence-electron chi connectivity index (χ4n) is 3.97. The van der Waals surface area contributed by atoms with Crippen LogP contribution in [0.1, 0.15) is 21.6 Å². The molecule has 0 fully saturated rings. The van der Waals surface area contributed by atoms with Gasteiger partial charge < -0.3 is 9.84 Å². The number of ether oxygens (including phenoxy) is 1. The van der Waals surface area contributed by atoms with Crippen LogP contribution < -0.4 is 4.74 Å². The van der Waals surface area contributed by atoms with Crippen LogP contribution in [0.5, 0.6) is 5.75 Å². The second-order valence-electron chi connectivity index (χ2n) is 7.06. The van der Waals surface area contributed by atoms with Crippen LogP contribution in [0.3, 0.4) is 0 Å². The highest BCUT2D eigenvalue weighted by Crippen LogP contribution is 2.30. The van der Waals surface area contributed by atoms with Gasteiger partial charge in [0.25, 0.3) is 0 Å². The third kappa shape index (κ3) is 3.36. The summed E-state index contributed by atoms with van der Waals surface area (Å²) in [6.45, 7) is 1.80. The summed E-state index contributed by atoms with van der Waals surface area (Å²) >= 11 is 0. The fraction of sp³-hybridized carbons (Fsp3) is 0.167. The van der Waals surface area contributed by atoms with E-state index in [-0.39, 0.29) is 18.7 Å². The third-order valence-corrected chi connectivity index (χ3v) is 5.34. The van der Waals surface area contributed by atoms with E-state index in [0.29, 0.717) is 22.5 Å². The van der Waals surface area contributed by atoms with E-state index >= 15 is 0 Å². The molecule has 29 heavy (non-hydrogen) atoms. The minimum Gasteiger partial charge on any atom is -0.497 e. The average molecular weight is 387 g/mol. The Morgan fingerprint density at radius 2 is 1.72 bits per heavy atom. The van der Waals surface area contributed by atoms with Crippen LogP contribution in [0.4, 0.5) is 0 Å². The number of benzene rings is 3. The smallest absolute Gasteiger partial charge is 0.307 e. The second-order valence-corrected chi connectivity index (χ2v) is 7.06. The van der Waals surface area contributed by atoms with Crippen molar-refractivity contribution in [2.45, 2.75) is 19.8 Å². The Hall–Kier alpha value is -3.60. The molecule has 1 N–H and O–H groups in total. The first-order valence-corrected chi connectivity index (χ1v) is 9.39. The monoisotopic (exact) mass is 387 g/mol.